The van der Waals surface area contributed by atoms with Gasteiger partial charge in [-0.3, -0.25) is 9.59 Å². The summed E-state index contributed by atoms with van der Waals surface area (Å²) >= 11 is 5.94. The van der Waals surface area contributed by atoms with Crippen LogP contribution < -0.4 is 14.8 Å². The predicted octanol–water partition coefficient (Wildman–Crippen LogP) is 3.07. The molecule has 0 aliphatic rings. The van der Waals surface area contributed by atoms with Gasteiger partial charge in [0.05, 0.1) is 26.3 Å². The first kappa shape index (κ1) is 18.6. The predicted molar refractivity (Wildman–Crippen MR) is 96.6 cm³/mol. The van der Waals surface area contributed by atoms with Gasteiger partial charge in [-0.15, -0.1) is 0 Å². The molecule has 0 unspecified atom stereocenters. The quantitative estimate of drug-likeness (QED) is 0.857. The van der Waals surface area contributed by atoms with E-state index in [0.717, 1.165) is 0 Å². The highest BCUT2D eigenvalue weighted by molar-refractivity contribution is 6.31. The monoisotopic (exact) mass is 362 g/mol. The summed E-state index contributed by atoms with van der Waals surface area (Å²) in [5.74, 6) is 0.418. The molecule has 1 N–H and O–H groups in total. The fraction of sp³-hybridized carbons (Fsp3) is 0.222. The van der Waals surface area contributed by atoms with Crippen LogP contribution in [-0.4, -0.2) is 44.5 Å². The second kappa shape index (κ2) is 8.39. The molecule has 0 heterocycles. The highest BCUT2D eigenvalue weighted by atomic mass is 35.5. The van der Waals surface area contributed by atoms with Crippen molar-refractivity contribution in [2.75, 3.05) is 33.1 Å². The molecule has 0 spiro atoms. The van der Waals surface area contributed by atoms with Crippen LogP contribution >= 0.6 is 11.6 Å². The molecule has 0 bridgehead atoms. The SMILES string of the molecule is COc1ccc(NC(=O)CN(C)C(=O)c2cc(Cl)ccc2OC)cc1. The normalized spacial score (nSPS) is 10.1. The Kier molecular flexibility index (Phi) is 6.25. The van der Waals surface area contributed by atoms with E-state index >= 15 is 0 Å². The summed E-state index contributed by atoms with van der Waals surface area (Å²) in [5, 5.41) is 3.14. The molecular weight excluding hydrogens is 344 g/mol. The zero-order valence-corrected chi connectivity index (χ0v) is 15.0. The van der Waals surface area contributed by atoms with Crippen molar-refractivity contribution in [1.29, 1.82) is 0 Å². The van der Waals surface area contributed by atoms with Crippen molar-refractivity contribution in [3.63, 3.8) is 0 Å². The number of rotatable bonds is 6. The first-order chi connectivity index (χ1) is 11.9. The maximum atomic E-state index is 12.5. The van der Waals surface area contributed by atoms with Crippen LogP contribution in [0.3, 0.4) is 0 Å². The Morgan fingerprint density at radius 2 is 1.76 bits per heavy atom. The van der Waals surface area contributed by atoms with Crippen molar-refractivity contribution < 1.29 is 19.1 Å². The molecule has 0 aliphatic carbocycles. The van der Waals surface area contributed by atoms with E-state index in [0.29, 0.717) is 27.8 Å². The molecule has 0 saturated heterocycles. The Morgan fingerprint density at radius 1 is 1.08 bits per heavy atom. The third-order valence-electron chi connectivity index (χ3n) is 3.49. The molecule has 25 heavy (non-hydrogen) atoms. The Hall–Kier alpha value is -2.73. The minimum Gasteiger partial charge on any atom is -0.497 e. The molecule has 0 aromatic heterocycles. The van der Waals surface area contributed by atoms with E-state index < -0.39 is 0 Å². The van der Waals surface area contributed by atoms with Crippen molar-refractivity contribution >= 4 is 29.1 Å². The zero-order chi connectivity index (χ0) is 18.4. The standard InChI is InChI=1S/C18H19ClN2O4/c1-21(18(23)15-10-12(19)4-9-16(15)25-3)11-17(22)20-13-5-7-14(24-2)8-6-13/h4-10H,11H2,1-3H3,(H,20,22). The van der Waals surface area contributed by atoms with Gasteiger partial charge in [0.25, 0.3) is 5.91 Å². The largest absolute Gasteiger partial charge is 0.497 e. The minimum atomic E-state index is -0.357. The van der Waals surface area contributed by atoms with Gasteiger partial charge < -0.3 is 19.7 Å². The smallest absolute Gasteiger partial charge is 0.257 e. The fourth-order valence-electron chi connectivity index (χ4n) is 2.22. The summed E-state index contributed by atoms with van der Waals surface area (Å²) in [4.78, 5) is 26.0. The maximum absolute atomic E-state index is 12.5. The molecule has 0 radical (unpaired) electrons. The van der Waals surface area contributed by atoms with Gasteiger partial charge in [-0.25, -0.2) is 0 Å². The number of anilines is 1. The van der Waals surface area contributed by atoms with Crippen molar-refractivity contribution in [1.82, 2.24) is 4.90 Å². The molecule has 2 rings (SSSR count). The van der Waals surface area contributed by atoms with Crippen molar-refractivity contribution in [3.05, 3.63) is 53.1 Å². The lowest BCUT2D eigenvalue weighted by Crippen LogP contribution is -2.35. The molecule has 0 fully saturated rings. The Morgan fingerprint density at radius 3 is 2.36 bits per heavy atom. The Balaban J connectivity index is 2.02. The lowest BCUT2D eigenvalue weighted by molar-refractivity contribution is -0.116. The molecule has 0 aliphatic heterocycles. The van der Waals surface area contributed by atoms with Gasteiger partial charge in [0.1, 0.15) is 11.5 Å². The summed E-state index contributed by atoms with van der Waals surface area (Å²) in [6.07, 6.45) is 0. The topological polar surface area (TPSA) is 67.9 Å². The molecule has 2 amide bonds. The van der Waals surface area contributed by atoms with Crippen LogP contribution in [0.2, 0.25) is 5.02 Å². The van der Waals surface area contributed by atoms with Crippen molar-refractivity contribution in [2.24, 2.45) is 0 Å². The van der Waals surface area contributed by atoms with Crippen LogP contribution in [0.15, 0.2) is 42.5 Å². The summed E-state index contributed by atoms with van der Waals surface area (Å²) < 4.78 is 10.2. The minimum absolute atomic E-state index is 0.111. The Labute approximate surface area is 151 Å². The van der Waals surface area contributed by atoms with Crippen LogP contribution in [0.4, 0.5) is 5.69 Å². The number of amides is 2. The van der Waals surface area contributed by atoms with Gasteiger partial charge in [-0.1, -0.05) is 11.6 Å². The summed E-state index contributed by atoms with van der Waals surface area (Å²) in [6, 6.07) is 11.7. The molecule has 2 aromatic carbocycles. The van der Waals surface area contributed by atoms with E-state index in [4.69, 9.17) is 21.1 Å². The van der Waals surface area contributed by atoms with Crippen LogP contribution in [0, 0.1) is 0 Å². The van der Waals surface area contributed by atoms with Gasteiger partial charge in [0, 0.05) is 17.8 Å². The van der Waals surface area contributed by atoms with Crippen molar-refractivity contribution in [2.45, 2.75) is 0 Å². The van der Waals surface area contributed by atoms with E-state index in [9.17, 15) is 9.59 Å². The lowest BCUT2D eigenvalue weighted by Gasteiger charge is -2.18. The second-order valence-electron chi connectivity index (χ2n) is 5.28. The Bertz CT molecular complexity index is 762. The van der Waals surface area contributed by atoms with Crippen LogP contribution in [0.25, 0.3) is 0 Å². The lowest BCUT2D eigenvalue weighted by atomic mass is 10.1. The molecule has 6 nitrogen and oxygen atoms in total. The molecular formula is C18H19ClN2O4. The number of carbonyl (C=O) groups excluding carboxylic acids is 2. The maximum Gasteiger partial charge on any atom is 0.257 e. The highest BCUT2D eigenvalue weighted by Gasteiger charge is 2.19. The van der Waals surface area contributed by atoms with Gasteiger partial charge in [-0.2, -0.15) is 0 Å². The van der Waals surface area contributed by atoms with Gasteiger partial charge in [0.15, 0.2) is 0 Å². The average molecular weight is 363 g/mol. The first-order valence-corrected chi connectivity index (χ1v) is 7.85. The van der Waals surface area contributed by atoms with E-state index in [2.05, 4.69) is 5.32 Å². The fourth-order valence-corrected chi connectivity index (χ4v) is 2.39. The molecule has 132 valence electrons. The number of nitrogens with zero attached hydrogens (tertiary/aromatic N) is 1. The molecule has 7 heteroatoms. The van der Waals surface area contributed by atoms with Crippen LogP contribution in [0.5, 0.6) is 11.5 Å². The van der Waals surface area contributed by atoms with Gasteiger partial charge in [-0.05, 0) is 42.5 Å². The summed E-state index contributed by atoms with van der Waals surface area (Å²) in [5.41, 5.74) is 0.918. The number of hydrogen-bond donors (Lipinski definition) is 1. The van der Waals surface area contributed by atoms with Gasteiger partial charge in [0.2, 0.25) is 5.91 Å². The summed E-state index contributed by atoms with van der Waals surface area (Å²) in [6.45, 7) is -0.111. The number of methoxy groups -OCH3 is 2. The molecule has 0 saturated carbocycles. The third kappa shape index (κ3) is 4.87. The van der Waals surface area contributed by atoms with Crippen LogP contribution in [-0.2, 0) is 4.79 Å². The van der Waals surface area contributed by atoms with Crippen molar-refractivity contribution in [3.8, 4) is 11.5 Å². The molecule has 2 aromatic rings. The average Bonchev–Trinajstić information content (AvgIpc) is 2.61. The van der Waals surface area contributed by atoms with E-state index in [-0.39, 0.29) is 18.4 Å². The number of carbonyl (C=O) groups is 2. The number of halogens is 1. The van der Waals surface area contributed by atoms with E-state index in [1.165, 1.54) is 25.1 Å². The number of benzene rings is 2. The van der Waals surface area contributed by atoms with Gasteiger partial charge >= 0.3 is 0 Å². The third-order valence-corrected chi connectivity index (χ3v) is 3.73. The second-order valence-corrected chi connectivity index (χ2v) is 5.72. The molecule has 0 atom stereocenters. The number of ether oxygens (including phenoxy) is 2. The van der Waals surface area contributed by atoms with Crippen LogP contribution in [0.1, 0.15) is 10.4 Å². The van der Waals surface area contributed by atoms with E-state index in [1.54, 1.807) is 43.5 Å². The number of nitrogens with one attached hydrogen (secondary N) is 1. The first-order valence-electron chi connectivity index (χ1n) is 7.47. The number of hydrogen-bond acceptors (Lipinski definition) is 4. The van der Waals surface area contributed by atoms with E-state index in [1.807, 2.05) is 0 Å². The summed E-state index contributed by atoms with van der Waals surface area (Å²) in [7, 11) is 4.57. The zero-order valence-electron chi connectivity index (χ0n) is 14.2. The number of likely N-dealkylation sites (N-methyl/N-ethyl adjacent to an activating group) is 1. The highest BCUT2D eigenvalue weighted by Crippen LogP contribution is 2.23.